The lowest BCUT2D eigenvalue weighted by atomic mass is 9.83. The Morgan fingerprint density at radius 1 is 1.10 bits per heavy atom. The summed E-state index contributed by atoms with van der Waals surface area (Å²) in [6.45, 7) is 22.4. The fraction of sp³-hybridized carbons (Fsp3) is 0.513. The molecular formula is C39H53N7O4Si. The predicted molar refractivity (Wildman–Crippen MR) is 205 cm³/mol. The topological polar surface area (TPSA) is 124 Å². The second kappa shape index (κ2) is 13.7. The lowest BCUT2D eigenvalue weighted by Gasteiger charge is -2.39. The van der Waals surface area contributed by atoms with Gasteiger partial charge in [-0.05, 0) is 113 Å². The summed E-state index contributed by atoms with van der Waals surface area (Å²) in [4.78, 5) is 41.2. The molecule has 0 saturated heterocycles. The molecule has 0 fully saturated rings. The van der Waals surface area contributed by atoms with Crippen LogP contribution in [0.3, 0.4) is 0 Å². The minimum Gasteiger partial charge on any atom is -0.443 e. The number of ether oxygens (including phenoxy) is 1. The van der Waals surface area contributed by atoms with Crippen LogP contribution in [0.2, 0.25) is 18.1 Å². The molecule has 3 aromatic rings. The monoisotopic (exact) mass is 711 g/mol. The normalized spacial score (nSPS) is 17.3. The zero-order valence-corrected chi connectivity index (χ0v) is 33.3. The van der Waals surface area contributed by atoms with E-state index in [4.69, 9.17) is 14.1 Å². The molecule has 2 aromatic carbocycles. The smallest absolute Gasteiger partial charge is 0.414 e. The van der Waals surface area contributed by atoms with Gasteiger partial charge >= 0.3 is 6.09 Å². The Hall–Kier alpha value is -4.31. The predicted octanol–water partition coefficient (Wildman–Crippen LogP) is 7.55. The third-order valence-electron chi connectivity index (χ3n) is 10.2. The molecule has 11 nitrogen and oxygen atoms in total. The first-order valence-electron chi connectivity index (χ1n) is 17.6. The molecule has 51 heavy (non-hydrogen) atoms. The first kappa shape index (κ1) is 37.9. The Balaban J connectivity index is 1.51. The number of carbonyl (C=O) groups is 2. The summed E-state index contributed by atoms with van der Waals surface area (Å²) in [5.74, 6) is 0.491. The number of aromatic nitrogens is 2. The highest BCUT2D eigenvalue weighted by Crippen LogP contribution is 2.47. The number of hydrogen-bond donors (Lipinski definition) is 1. The third kappa shape index (κ3) is 7.81. The highest BCUT2D eigenvalue weighted by molar-refractivity contribution is 6.74. The summed E-state index contributed by atoms with van der Waals surface area (Å²) in [7, 11) is 1.64. The Morgan fingerprint density at radius 2 is 1.80 bits per heavy atom. The van der Waals surface area contributed by atoms with Crippen molar-refractivity contribution in [2.24, 2.45) is 0 Å². The van der Waals surface area contributed by atoms with Gasteiger partial charge in [0.05, 0.1) is 23.5 Å². The molecule has 5 rings (SSSR count). The van der Waals surface area contributed by atoms with Gasteiger partial charge in [0.2, 0.25) is 11.9 Å². The standard InChI is InChI=1S/C39H53N7O4Si/c1-25-28-16-18-45(33(47)22-44(9)10)32(28)14-13-30(25)42-35-41-17-15-31(43-35)26-19-27(21-40)34-29(20-26)39(8,24-49-51(11,12)38(5,6)7)23-46(34)36(48)50-37(2,3)4/h13-15,17,19-20H,16,18,22-24H2,1-12H3,(H,41,42,43)/t39-/m1/s1. The summed E-state index contributed by atoms with van der Waals surface area (Å²) in [5.41, 5.74) is 5.81. The van der Waals surface area contributed by atoms with Gasteiger partial charge in [-0.1, -0.05) is 27.7 Å². The molecule has 0 radical (unpaired) electrons. The zero-order valence-electron chi connectivity index (χ0n) is 32.3. The maximum Gasteiger partial charge on any atom is 0.414 e. The van der Waals surface area contributed by atoms with Gasteiger partial charge in [-0.25, -0.2) is 14.8 Å². The van der Waals surface area contributed by atoms with Crippen molar-refractivity contribution in [1.29, 1.82) is 5.26 Å². The minimum absolute atomic E-state index is 0.000256. The SMILES string of the molecule is Cc1c(Nc2nccc(-c3cc(C#N)c4c(c3)[C@@](C)(CO[Si](C)(C)C(C)(C)C)CN4C(=O)OC(C)(C)C)n2)ccc2c1CCN2C(=O)CN(C)C. The highest BCUT2D eigenvalue weighted by atomic mass is 28.4. The van der Waals surface area contributed by atoms with Crippen molar-refractivity contribution in [3.05, 3.63) is 58.8 Å². The van der Waals surface area contributed by atoms with E-state index in [1.165, 1.54) is 0 Å². The van der Waals surface area contributed by atoms with Crippen LogP contribution in [0.5, 0.6) is 0 Å². The van der Waals surface area contributed by atoms with E-state index in [1.54, 1.807) is 17.2 Å². The van der Waals surface area contributed by atoms with E-state index >= 15 is 0 Å². The van der Waals surface area contributed by atoms with Crippen LogP contribution >= 0.6 is 0 Å². The molecule has 1 atom stereocenters. The van der Waals surface area contributed by atoms with E-state index in [1.807, 2.05) is 75.9 Å². The van der Waals surface area contributed by atoms with E-state index in [9.17, 15) is 14.9 Å². The number of anilines is 4. The fourth-order valence-electron chi connectivity index (χ4n) is 6.39. The molecule has 1 N–H and O–H groups in total. The van der Waals surface area contributed by atoms with E-state index in [-0.39, 0.29) is 10.9 Å². The molecule has 0 saturated carbocycles. The fourth-order valence-corrected chi connectivity index (χ4v) is 7.50. The van der Waals surface area contributed by atoms with Gasteiger partial charge in [0.15, 0.2) is 8.32 Å². The van der Waals surface area contributed by atoms with E-state index in [0.717, 1.165) is 40.0 Å². The van der Waals surface area contributed by atoms with Crippen molar-refractivity contribution in [1.82, 2.24) is 14.9 Å². The van der Waals surface area contributed by atoms with Gasteiger partial charge in [0, 0.05) is 48.2 Å². The van der Waals surface area contributed by atoms with Gasteiger partial charge in [-0.3, -0.25) is 9.69 Å². The Labute approximate surface area is 304 Å². The van der Waals surface area contributed by atoms with Crippen LogP contribution in [0.4, 0.5) is 27.8 Å². The molecule has 2 aliphatic heterocycles. The largest absolute Gasteiger partial charge is 0.443 e. The van der Waals surface area contributed by atoms with Crippen LogP contribution in [-0.2, 0) is 25.8 Å². The van der Waals surface area contributed by atoms with Crippen LogP contribution in [0.25, 0.3) is 11.3 Å². The highest BCUT2D eigenvalue weighted by Gasteiger charge is 2.47. The van der Waals surface area contributed by atoms with Crippen molar-refractivity contribution < 1.29 is 18.8 Å². The van der Waals surface area contributed by atoms with Gasteiger partial charge in [0.1, 0.15) is 11.7 Å². The zero-order chi connectivity index (χ0) is 37.7. The van der Waals surface area contributed by atoms with Crippen LogP contribution in [0.15, 0.2) is 36.5 Å². The lowest BCUT2D eigenvalue weighted by Crippen LogP contribution is -2.46. The quantitative estimate of drug-likeness (QED) is 0.236. The summed E-state index contributed by atoms with van der Waals surface area (Å²) in [5, 5.41) is 13.9. The maximum absolute atomic E-state index is 13.6. The number of fused-ring (bicyclic) bond motifs is 2. The summed E-state index contributed by atoms with van der Waals surface area (Å²) in [6.07, 6.45) is 1.98. The molecule has 1 aromatic heterocycles. The third-order valence-corrected chi connectivity index (χ3v) is 14.7. The molecule has 0 spiro atoms. The molecule has 0 aliphatic carbocycles. The molecule has 12 heteroatoms. The summed E-state index contributed by atoms with van der Waals surface area (Å²) >= 11 is 0. The Bertz CT molecular complexity index is 1890. The summed E-state index contributed by atoms with van der Waals surface area (Å²) in [6, 6.07) is 11.9. The number of nitriles is 1. The average Bonchev–Trinajstić information content (AvgIpc) is 3.60. The van der Waals surface area contributed by atoms with Crippen molar-refractivity contribution in [3.63, 3.8) is 0 Å². The second-order valence-electron chi connectivity index (χ2n) is 16.9. The molecule has 3 heterocycles. The Kier molecular flexibility index (Phi) is 10.2. The van der Waals surface area contributed by atoms with Gasteiger partial charge in [-0.2, -0.15) is 5.26 Å². The van der Waals surface area contributed by atoms with Gasteiger partial charge in [0.25, 0.3) is 0 Å². The number of likely N-dealkylation sites (N-methyl/N-ethyl adjacent to an activating group) is 1. The van der Waals surface area contributed by atoms with E-state index in [0.29, 0.717) is 49.1 Å². The van der Waals surface area contributed by atoms with Crippen molar-refractivity contribution >= 4 is 43.3 Å². The molecule has 2 amide bonds. The average molecular weight is 712 g/mol. The van der Waals surface area contributed by atoms with E-state index in [2.05, 4.69) is 57.2 Å². The molecule has 0 bridgehead atoms. The van der Waals surface area contributed by atoms with Crippen molar-refractivity contribution in [2.45, 2.75) is 91.0 Å². The first-order chi connectivity index (χ1) is 23.6. The lowest BCUT2D eigenvalue weighted by molar-refractivity contribution is -0.119. The molecule has 2 aliphatic rings. The van der Waals surface area contributed by atoms with Gasteiger partial charge in [-0.15, -0.1) is 0 Å². The minimum atomic E-state index is -2.15. The maximum atomic E-state index is 13.6. The number of hydrogen-bond acceptors (Lipinski definition) is 9. The Morgan fingerprint density at radius 3 is 2.43 bits per heavy atom. The number of rotatable bonds is 8. The molecule has 272 valence electrons. The number of nitrogens with one attached hydrogen (secondary N) is 1. The molecular weight excluding hydrogens is 659 g/mol. The van der Waals surface area contributed by atoms with Crippen LogP contribution in [0.1, 0.15) is 70.7 Å². The summed E-state index contributed by atoms with van der Waals surface area (Å²) < 4.78 is 12.6. The van der Waals surface area contributed by atoms with Crippen molar-refractivity contribution in [2.75, 3.05) is 55.5 Å². The van der Waals surface area contributed by atoms with Crippen LogP contribution in [0, 0.1) is 18.3 Å². The van der Waals surface area contributed by atoms with Crippen LogP contribution < -0.4 is 15.1 Å². The first-order valence-corrected chi connectivity index (χ1v) is 20.5. The van der Waals surface area contributed by atoms with E-state index < -0.39 is 25.4 Å². The molecule has 0 unspecified atom stereocenters. The number of nitrogens with zero attached hydrogens (tertiary/aromatic N) is 6. The number of benzene rings is 2. The van der Waals surface area contributed by atoms with Crippen LogP contribution in [-0.4, -0.2) is 81.1 Å². The number of amides is 2. The number of carbonyl (C=O) groups excluding carboxylic acids is 2. The van der Waals surface area contributed by atoms with Crippen molar-refractivity contribution in [3.8, 4) is 17.3 Å². The second-order valence-corrected chi connectivity index (χ2v) is 21.7. The van der Waals surface area contributed by atoms with Gasteiger partial charge < -0.3 is 24.3 Å².